The number of hydrogen-bond acceptors (Lipinski definition) is 3. The first-order valence-corrected chi connectivity index (χ1v) is 7.07. The molecule has 1 aliphatic heterocycles. The van der Waals surface area contributed by atoms with Crippen LogP contribution in [0.3, 0.4) is 0 Å². The minimum atomic E-state index is 0.310. The van der Waals surface area contributed by atoms with E-state index in [-0.39, 0.29) is 0 Å². The molecule has 17 heavy (non-hydrogen) atoms. The van der Waals surface area contributed by atoms with Crippen molar-refractivity contribution in [3.05, 3.63) is 0 Å². The van der Waals surface area contributed by atoms with Gasteiger partial charge in [-0.15, -0.1) is 0 Å². The Morgan fingerprint density at radius 2 is 1.65 bits per heavy atom. The van der Waals surface area contributed by atoms with E-state index in [0.717, 1.165) is 6.54 Å². The maximum atomic E-state index is 6.22. The van der Waals surface area contributed by atoms with Crippen molar-refractivity contribution in [1.82, 2.24) is 9.80 Å². The van der Waals surface area contributed by atoms with Crippen LogP contribution < -0.4 is 5.73 Å². The van der Waals surface area contributed by atoms with Gasteiger partial charge in [-0.1, -0.05) is 20.3 Å². The lowest BCUT2D eigenvalue weighted by Gasteiger charge is -2.43. The molecule has 0 spiro atoms. The smallest absolute Gasteiger partial charge is 0.0193 e. The zero-order valence-electron chi connectivity index (χ0n) is 12.4. The summed E-state index contributed by atoms with van der Waals surface area (Å²) in [5, 5.41) is 0. The Balaban J connectivity index is 2.33. The monoisotopic (exact) mass is 241 g/mol. The maximum absolute atomic E-state index is 6.22. The summed E-state index contributed by atoms with van der Waals surface area (Å²) < 4.78 is 0. The van der Waals surface area contributed by atoms with Crippen LogP contribution in [0.4, 0.5) is 0 Å². The first-order chi connectivity index (χ1) is 7.84. The number of rotatable bonds is 4. The summed E-state index contributed by atoms with van der Waals surface area (Å²) in [6.45, 7) is 17.1. The fourth-order valence-corrected chi connectivity index (χ4v) is 2.38. The van der Waals surface area contributed by atoms with Crippen molar-refractivity contribution in [2.75, 3.05) is 32.7 Å². The van der Waals surface area contributed by atoms with Crippen LogP contribution in [0.25, 0.3) is 0 Å². The normalized spacial score (nSPS) is 23.6. The third kappa shape index (κ3) is 4.57. The largest absolute Gasteiger partial charge is 0.326 e. The van der Waals surface area contributed by atoms with Gasteiger partial charge in [0, 0.05) is 44.3 Å². The Labute approximate surface area is 107 Å². The van der Waals surface area contributed by atoms with Gasteiger partial charge in [0.25, 0.3) is 0 Å². The summed E-state index contributed by atoms with van der Waals surface area (Å²) in [5.74, 6) is 0.635. The molecule has 0 amide bonds. The molecule has 1 fully saturated rings. The highest BCUT2D eigenvalue weighted by atomic mass is 15.3. The lowest BCUT2D eigenvalue weighted by molar-refractivity contribution is 0.0573. The summed E-state index contributed by atoms with van der Waals surface area (Å²) in [7, 11) is 0. The third-order valence-corrected chi connectivity index (χ3v) is 4.16. The highest BCUT2D eigenvalue weighted by Gasteiger charge is 2.26. The molecule has 0 aromatic heterocycles. The minimum Gasteiger partial charge on any atom is -0.326 e. The van der Waals surface area contributed by atoms with Gasteiger partial charge in [0.15, 0.2) is 0 Å². The van der Waals surface area contributed by atoms with Crippen molar-refractivity contribution < 1.29 is 0 Å². The van der Waals surface area contributed by atoms with Crippen LogP contribution in [0.5, 0.6) is 0 Å². The molecule has 0 aromatic rings. The van der Waals surface area contributed by atoms with Crippen LogP contribution >= 0.6 is 0 Å². The lowest BCUT2D eigenvalue weighted by atomic mass is 9.99. The molecule has 2 atom stereocenters. The van der Waals surface area contributed by atoms with E-state index in [0.29, 0.717) is 17.5 Å². The molecule has 2 N–H and O–H groups in total. The van der Waals surface area contributed by atoms with E-state index in [1.54, 1.807) is 0 Å². The van der Waals surface area contributed by atoms with E-state index in [2.05, 4.69) is 44.4 Å². The van der Waals surface area contributed by atoms with Gasteiger partial charge < -0.3 is 5.73 Å². The summed E-state index contributed by atoms with van der Waals surface area (Å²) >= 11 is 0. The molecule has 1 rings (SSSR count). The molecule has 3 nitrogen and oxygen atoms in total. The Hall–Kier alpha value is -0.120. The van der Waals surface area contributed by atoms with Crippen molar-refractivity contribution in [3.63, 3.8) is 0 Å². The number of piperazine rings is 1. The molecule has 3 heteroatoms. The van der Waals surface area contributed by atoms with Gasteiger partial charge >= 0.3 is 0 Å². The first kappa shape index (κ1) is 14.9. The molecule has 0 radical (unpaired) electrons. The second-order valence-electron chi connectivity index (χ2n) is 6.51. The van der Waals surface area contributed by atoms with Crippen LogP contribution in [0.1, 0.15) is 41.0 Å². The molecular weight excluding hydrogens is 210 g/mol. The van der Waals surface area contributed by atoms with Gasteiger partial charge in [-0.3, -0.25) is 9.80 Å². The van der Waals surface area contributed by atoms with E-state index >= 15 is 0 Å². The zero-order valence-corrected chi connectivity index (χ0v) is 12.4. The zero-order chi connectivity index (χ0) is 13.1. The molecule has 2 unspecified atom stereocenters. The first-order valence-electron chi connectivity index (χ1n) is 7.07. The van der Waals surface area contributed by atoms with Crippen LogP contribution in [0.2, 0.25) is 0 Å². The highest BCUT2D eigenvalue weighted by molar-refractivity contribution is 4.83. The number of nitrogens with two attached hydrogens (primary N) is 1. The van der Waals surface area contributed by atoms with Crippen LogP contribution in [0, 0.1) is 5.92 Å². The Kier molecular flexibility index (Phi) is 5.42. The van der Waals surface area contributed by atoms with Crippen molar-refractivity contribution in [1.29, 1.82) is 0 Å². The average Bonchev–Trinajstić information content (AvgIpc) is 2.27. The minimum absolute atomic E-state index is 0.310. The summed E-state index contributed by atoms with van der Waals surface area (Å²) in [4.78, 5) is 5.09. The van der Waals surface area contributed by atoms with Gasteiger partial charge in [0.05, 0.1) is 0 Å². The van der Waals surface area contributed by atoms with Gasteiger partial charge in [0.2, 0.25) is 0 Å². The standard InChI is InChI=1S/C14H31N3/c1-6-12(2)13(15)11-16-7-9-17(10-8-16)14(3,4)5/h12-13H,6-11,15H2,1-5H3. The Bertz CT molecular complexity index is 214. The third-order valence-electron chi connectivity index (χ3n) is 4.16. The van der Waals surface area contributed by atoms with Crippen LogP contribution in [0.15, 0.2) is 0 Å². The molecular formula is C14H31N3. The van der Waals surface area contributed by atoms with Gasteiger partial charge in [-0.25, -0.2) is 0 Å². The Morgan fingerprint density at radius 3 is 2.06 bits per heavy atom. The molecule has 0 aliphatic carbocycles. The SMILES string of the molecule is CCC(C)C(N)CN1CCN(C(C)(C)C)CC1. The van der Waals surface area contributed by atoms with Crippen LogP contribution in [-0.2, 0) is 0 Å². The predicted molar refractivity (Wildman–Crippen MR) is 75.2 cm³/mol. The number of hydrogen-bond donors (Lipinski definition) is 1. The van der Waals surface area contributed by atoms with Crippen molar-refractivity contribution in [3.8, 4) is 0 Å². The van der Waals surface area contributed by atoms with E-state index in [1.807, 2.05) is 0 Å². The van der Waals surface area contributed by atoms with Gasteiger partial charge in [0.1, 0.15) is 0 Å². The molecule has 102 valence electrons. The van der Waals surface area contributed by atoms with Crippen molar-refractivity contribution >= 4 is 0 Å². The average molecular weight is 241 g/mol. The molecule has 1 aliphatic rings. The second-order valence-corrected chi connectivity index (χ2v) is 6.51. The van der Waals surface area contributed by atoms with Gasteiger partial charge in [-0.2, -0.15) is 0 Å². The summed E-state index contributed by atoms with van der Waals surface area (Å²) in [5.41, 5.74) is 6.53. The van der Waals surface area contributed by atoms with Gasteiger partial charge in [-0.05, 0) is 26.7 Å². The molecule has 0 saturated carbocycles. The second kappa shape index (κ2) is 6.17. The fraction of sp³-hybridized carbons (Fsp3) is 1.00. The van der Waals surface area contributed by atoms with Crippen LogP contribution in [-0.4, -0.2) is 54.1 Å². The van der Waals surface area contributed by atoms with E-state index in [4.69, 9.17) is 5.73 Å². The Morgan fingerprint density at radius 1 is 1.12 bits per heavy atom. The van der Waals surface area contributed by atoms with Crippen molar-refractivity contribution in [2.45, 2.75) is 52.6 Å². The van der Waals surface area contributed by atoms with Crippen molar-refractivity contribution in [2.24, 2.45) is 11.7 Å². The highest BCUT2D eigenvalue weighted by Crippen LogP contribution is 2.16. The fourth-order valence-electron chi connectivity index (χ4n) is 2.38. The summed E-state index contributed by atoms with van der Waals surface area (Å²) in [6, 6.07) is 0.334. The van der Waals surface area contributed by atoms with E-state index < -0.39 is 0 Å². The summed E-state index contributed by atoms with van der Waals surface area (Å²) in [6.07, 6.45) is 1.18. The molecule has 0 bridgehead atoms. The number of nitrogens with zero attached hydrogens (tertiary/aromatic N) is 2. The quantitative estimate of drug-likeness (QED) is 0.814. The predicted octanol–water partition coefficient (Wildman–Crippen LogP) is 1.78. The molecule has 1 heterocycles. The van der Waals surface area contributed by atoms with E-state index in [9.17, 15) is 0 Å². The topological polar surface area (TPSA) is 32.5 Å². The van der Waals surface area contributed by atoms with E-state index in [1.165, 1.54) is 32.6 Å². The molecule has 1 saturated heterocycles. The lowest BCUT2D eigenvalue weighted by Crippen LogP contribution is -2.55. The molecule has 0 aromatic carbocycles. The maximum Gasteiger partial charge on any atom is 0.0193 e.